The molecule has 26 heavy (non-hydrogen) atoms. The lowest BCUT2D eigenvalue weighted by atomic mass is 9.48. The van der Waals surface area contributed by atoms with Gasteiger partial charge in [-0.1, -0.05) is 6.92 Å². The Balaban J connectivity index is 1.43. The van der Waals surface area contributed by atoms with Crippen LogP contribution in [0.4, 0.5) is 0 Å². The predicted molar refractivity (Wildman–Crippen MR) is 105 cm³/mol. The summed E-state index contributed by atoms with van der Waals surface area (Å²) in [6, 6.07) is 0. The fourth-order valence-corrected chi connectivity index (χ4v) is 9.06. The first-order valence-electron chi connectivity index (χ1n) is 11.7. The van der Waals surface area contributed by atoms with Gasteiger partial charge in [-0.15, -0.1) is 0 Å². The summed E-state index contributed by atoms with van der Waals surface area (Å²) in [5, 5.41) is 21.2. The SMILES string of the molecule is C[C@H](O)[C@H]1C[C@@H](C2CC2)[C@H]2[C@@H]3CC[C@@H]4C[C@](C)(O)CC[C@@H]4[C@H]3CC[C@@]21C. The second-order valence-corrected chi connectivity index (χ2v) is 11.7. The first-order valence-corrected chi connectivity index (χ1v) is 11.7. The minimum Gasteiger partial charge on any atom is -0.393 e. The number of aliphatic hydroxyl groups excluding tert-OH is 1. The van der Waals surface area contributed by atoms with E-state index in [9.17, 15) is 10.2 Å². The summed E-state index contributed by atoms with van der Waals surface area (Å²) in [6.07, 6.45) is 12.9. The molecule has 5 aliphatic carbocycles. The zero-order valence-electron chi connectivity index (χ0n) is 17.2. The molecule has 2 N–H and O–H groups in total. The highest BCUT2D eigenvalue weighted by Crippen LogP contribution is 2.69. The van der Waals surface area contributed by atoms with Crippen molar-refractivity contribution in [2.45, 2.75) is 96.7 Å². The van der Waals surface area contributed by atoms with Crippen LogP contribution >= 0.6 is 0 Å². The van der Waals surface area contributed by atoms with E-state index in [-0.39, 0.29) is 6.10 Å². The van der Waals surface area contributed by atoms with Crippen LogP contribution in [0, 0.1) is 52.8 Å². The van der Waals surface area contributed by atoms with Gasteiger partial charge in [0.15, 0.2) is 0 Å². The van der Waals surface area contributed by atoms with Crippen molar-refractivity contribution < 1.29 is 10.2 Å². The normalized spacial score (nSPS) is 57.8. The first kappa shape index (κ1) is 18.0. The summed E-state index contributed by atoms with van der Waals surface area (Å²) in [6.45, 7) is 6.69. The second-order valence-electron chi connectivity index (χ2n) is 11.7. The van der Waals surface area contributed by atoms with Gasteiger partial charge < -0.3 is 10.2 Å². The van der Waals surface area contributed by atoms with E-state index in [1.807, 2.05) is 0 Å². The zero-order valence-corrected chi connectivity index (χ0v) is 17.2. The van der Waals surface area contributed by atoms with E-state index in [4.69, 9.17) is 0 Å². The lowest BCUT2D eigenvalue weighted by Gasteiger charge is -2.58. The molecular weight excluding hydrogens is 320 g/mol. The molecule has 0 aromatic rings. The van der Waals surface area contributed by atoms with Gasteiger partial charge in [0.2, 0.25) is 0 Å². The maximum Gasteiger partial charge on any atom is 0.0622 e. The number of aliphatic hydroxyl groups is 2. The van der Waals surface area contributed by atoms with E-state index in [0.717, 1.165) is 54.3 Å². The Morgan fingerprint density at radius 2 is 1.50 bits per heavy atom. The Morgan fingerprint density at radius 1 is 0.808 bits per heavy atom. The molecule has 0 unspecified atom stereocenters. The van der Waals surface area contributed by atoms with Crippen LogP contribution in [0.15, 0.2) is 0 Å². The summed E-state index contributed by atoms with van der Waals surface area (Å²) < 4.78 is 0. The maximum atomic E-state index is 10.6. The molecule has 2 heteroatoms. The number of fused-ring (bicyclic) bond motifs is 5. The predicted octanol–water partition coefficient (Wildman–Crippen LogP) is 5.02. The van der Waals surface area contributed by atoms with Gasteiger partial charge >= 0.3 is 0 Å². The van der Waals surface area contributed by atoms with Gasteiger partial charge in [-0.25, -0.2) is 0 Å². The van der Waals surface area contributed by atoms with Gasteiger partial charge in [-0.3, -0.25) is 0 Å². The molecule has 0 amide bonds. The van der Waals surface area contributed by atoms with E-state index in [2.05, 4.69) is 20.8 Å². The Labute approximate surface area is 160 Å². The van der Waals surface area contributed by atoms with Crippen LogP contribution in [0.3, 0.4) is 0 Å². The van der Waals surface area contributed by atoms with Gasteiger partial charge in [-0.2, -0.15) is 0 Å². The van der Waals surface area contributed by atoms with Gasteiger partial charge in [0.05, 0.1) is 11.7 Å². The maximum absolute atomic E-state index is 10.6. The first-order chi connectivity index (χ1) is 12.3. The third-order valence-electron chi connectivity index (χ3n) is 10.2. The average molecular weight is 361 g/mol. The topological polar surface area (TPSA) is 40.5 Å². The lowest BCUT2D eigenvalue weighted by Crippen LogP contribution is -2.52. The van der Waals surface area contributed by atoms with E-state index in [1.165, 1.54) is 51.4 Å². The molecule has 0 heterocycles. The highest BCUT2D eigenvalue weighted by atomic mass is 16.3. The molecular formula is C24H40O2. The van der Waals surface area contributed by atoms with Gasteiger partial charge in [0, 0.05) is 0 Å². The summed E-state index contributed by atoms with van der Waals surface area (Å²) in [5.41, 5.74) is -0.0197. The van der Waals surface area contributed by atoms with Crippen molar-refractivity contribution in [2.75, 3.05) is 0 Å². The van der Waals surface area contributed by atoms with Crippen molar-refractivity contribution in [3.8, 4) is 0 Å². The van der Waals surface area contributed by atoms with Crippen molar-refractivity contribution in [3.63, 3.8) is 0 Å². The van der Waals surface area contributed by atoms with E-state index in [1.54, 1.807) is 0 Å². The number of hydrogen-bond acceptors (Lipinski definition) is 2. The monoisotopic (exact) mass is 360 g/mol. The van der Waals surface area contributed by atoms with Crippen LogP contribution in [-0.2, 0) is 0 Å². The Morgan fingerprint density at radius 3 is 2.19 bits per heavy atom. The van der Waals surface area contributed by atoms with Crippen molar-refractivity contribution in [2.24, 2.45) is 52.8 Å². The molecule has 0 radical (unpaired) electrons. The van der Waals surface area contributed by atoms with E-state index in [0.29, 0.717) is 11.3 Å². The number of hydrogen-bond donors (Lipinski definition) is 2. The van der Waals surface area contributed by atoms with Crippen LogP contribution in [0.1, 0.15) is 85.0 Å². The molecule has 5 aliphatic rings. The smallest absolute Gasteiger partial charge is 0.0622 e. The molecule has 5 saturated carbocycles. The molecule has 10 atom stereocenters. The summed E-state index contributed by atoms with van der Waals surface area (Å²) in [5.74, 6) is 6.76. The Bertz CT molecular complexity index is 550. The Hall–Kier alpha value is -0.0800. The van der Waals surface area contributed by atoms with Crippen molar-refractivity contribution in [3.05, 3.63) is 0 Å². The third kappa shape index (κ3) is 2.65. The number of rotatable bonds is 2. The zero-order chi connectivity index (χ0) is 18.3. The minimum atomic E-state index is -0.404. The molecule has 5 fully saturated rings. The highest BCUT2D eigenvalue weighted by Gasteiger charge is 2.63. The molecule has 148 valence electrons. The van der Waals surface area contributed by atoms with Gasteiger partial charge in [-0.05, 0) is 131 Å². The van der Waals surface area contributed by atoms with Crippen LogP contribution in [0.5, 0.6) is 0 Å². The highest BCUT2D eigenvalue weighted by molar-refractivity contribution is 5.12. The van der Waals surface area contributed by atoms with E-state index < -0.39 is 5.60 Å². The lowest BCUT2D eigenvalue weighted by molar-refractivity contribution is -0.113. The molecule has 5 rings (SSSR count). The molecule has 0 aromatic heterocycles. The molecule has 0 aliphatic heterocycles. The standard InChI is InChI=1S/C24H40O2/c1-14(25)21-12-20(15-4-5-15)22-19-7-6-16-13-23(2,26)10-8-17(16)18(19)9-11-24(21,22)3/h14-22,25-26H,4-13H2,1-3H3/t14-,16+,17-,18+,19+,20-,21+,22+,23+,24+/m0/s1. The van der Waals surface area contributed by atoms with Gasteiger partial charge in [0.25, 0.3) is 0 Å². The molecule has 0 saturated heterocycles. The molecule has 0 aromatic carbocycles. The van der Waals surface area contributed by atoms with Crippen molar-refractivity contribution in [1.29, 1.82) is 0 Å². The van der Waals surface area contributed by atoms with Gasteiger partial charge in [0.1, 0.15) is 0 Å². The van der Waals surface area contributed by atoms with E-state index >= 15 is 0 Å². The molecule has 2 nitrogen and oxygen atoms in total. The molecule has 0 spiro atoms. The average Bonchev–Trinajstić information content (AvgIpc) is 3.35. The second kappa shape index (κ2) is 5.96. The quantitative estimate of drug-likeness (QED) is 0.725. The van der Waals surface area contributed by atoms with Crippen LogP contribution in [0.2, 0.25) is 0 Å². The van der Waals surface area contributed by atoms with Crippen LogP contribution in [-0.4, -0.2) is 21.9 Å². The van der Waals surface area contributed by atoms with Crippen LogP contribution in [0.25, 0.3) is 0 Å². The summed E-state index contributed by atoms with van der Waals surface area (Å²) >= 11 is 0. The minimum absolute atomic E-state index is 0.135. The summed E-state index contributed by atoms with van der Waals surface area (Å²) in [7, 11) is 0. The fourth-order valence-electron chi connectivity index (χ4n) is 9.06. The van der Waals surface area contributed by atoms with Crippen LogP contribution < -0.4 is 0 Å². The fraction of sp³-hybridized carbons (Fsp3) is 1.00. The largest absolute Gasteiger partial charge is 0.393 e. The Kier molecular flexibility index (Phi) is 4.12. The summed E-state index contributed by atoms with van der Waals surface area (Å²) in [4.78, 5) is 0. The van der Waals surface area contributed by atoms with Crippen molar-refractivity contribution >= 4 is 0 Å². The molecule has 0 bridgehead atoms. The third-order valence-corrected chi connectivity index (χ3v) is 10.2. The van der Waals surface area contributed by atoms with Crippen molar-refractivity contribution in [1.82, 2.24) is 0 Å².